The van der Waals surface area contributed by atoms with Crippen LogP contribution in [0.1, 0.15) is 25.0 Å². The summed E-state index contributed by atoms with van der Waals surface area (Å²) in [5.74, 6) is -0.728. The Hall–Kier alpha value is -0.900. The molecule has 0 amide bonds. The highest BCUT2D eigenvalue weighted by Gasteiger charge is 1.98. The number of aromatic nitrogens is 1. The predicted molar refractivity (Wildman–Crippen MR) is 57.1 cm³/mol. The third kappa shape index (κ3) is 4.37. The second kappa shape index (κ2) is 5.75. The van der Waals surface area contributed by atoms with Crippen LogP contribution in [0, 0.1) is 0 Å². The van der Waals surface area contributed by atoms with E-state index in [0.29, 0.717) is 6.42 Å². The third-order valence-corrected chi connectivity index (χ3v) is 2.33. The molecule has 0 fully saturated rings. The number of aliphatic carboxylic acids is 1. The molecule has 0 aliphatic rings. The zero-order valence-electron chi connectivity index (χ0n) is 7.74. The number of hydrogen-bond acceptors (Lipinski definition) is 2. The van der Waals surface area contributed by atoms with Crippen molar-refractivity contribution in [3.8, 4) is 0 Å². The molecular weight excluding hydrogens is 246 g/mol. The summed E-state index contributed by atoms with van der Waals surface area (Å²) in [6, 6.07) is 3.89. The summed E-state index contributed by atoms with van der Waals surface area (Å²) in [4.78, 5) is 14.4. The molecule has 1 rings (SSSR count). The summed E-state index contributed by atoms with van der Waals surface area (Å²) < 4.78 is 0.965. The minimum atomic E-state index is -0.728. The molecule has 4 heteroatoms. The van der Waals surface area contributed by atoms with E-state index in [4.69, 9.17) is 5.11 Å². The van der Waals surface area contributed by atoms with Crippen LogP contribution in [0.3, 0.4) is 0 Å². The Bertz CT molecular complexity index is 297. The van der Waals surface area contributed by atoms with Gasteiger partial charge in [0.1, 0.15) is 0 Å². The summed E-state index contributed by atoms with van der Waals surface area (Å²) >= 11 is 3.31. The van der Waals surface area contributed by atoms with Crippen LogP contribution in [-0.4, -0.2) is 16.1 Å². The second-order valence-electron chi connectivity index (χ2n) is 3.07. The molecule has 0 radical (unpaired) electrons. The number of hydrogen-bond donors (Lipinski definition) is 1. The van der Waals surface area contributed by atoms with Crippen LogP contribution in [0.5, 0.6) is 0 Å². The van der Waals surface area contributed by atoms with E-state index in [9.17, 15) is 4.79 Å². The maximum atomic E-state index is 10.2. The Morgan fingerprint density at radius 1 is 1.43 bits per heavy atom. The zero-order chi connectivity index (χ0) is 10.4. The molecule has 0 saturated heterocycles. The molecule has 1 aromatic heterocycles. The van der Waals surface area contributed by atoms with Crippen molar-refractivity contribution in [3.63, 3.8) is 0 Å². The van der Waals surface area contributed by atoms with Gasteiger partial charge in [0.25, 0.3) is 0 Å². The van der Waals surface area contributed by atoms with Gasteiger partial charge >= 0.3 is 5.97 Å². The smallest absolute Gasteiger partial charge is 0.303 e. The van der Waals surface area contributed by atoms with E-state index < -0.39 is 5.97 Å². The Kier molecular flexibility index (Phi) is 4.59. The van der Waals surface area contributed by atoms with Gasteiger partial charge in [0.2, 0.25) is 0 Å². The summed E-state index contributed by atoms with van der Waals surface area (Å²) in [5.41, 5.74) is 1.01. The average molecular weight is 258 g/mol. The van der Waals surface area contributed by atoms with Crippen LogP contribution in [0.25, 0.3) is 0 Å². The van der Waals surface area contributed by atoms with Gasteiger partial charge in [0.15, 0.2) is 0 Å². The Labute approximate surface area is 91.3 Å². The quantitative estimate of drug-likeness (QED) is 0.826. The normalized spacial score (nSPS) is 10.1. The molecule has 0 spiro atoms. The minimum absolute atomic E-state index is 0.247. The average Bonchev–Trinajstić information content (AvgIpc) is 2.15. The Morgan fingerprint density at radius 2 is 2.21 bits per heavy atom. The lowest BCUT2D eigenvalue weighted by Crippen LogP contribution is -1.95. The first-order valence-corrected chi connectivity index (χ1v) is 5.30. The molecule has 1 heterocycles. The fourth-order valence-electron chi connectivity index (χ4n) is 1.14. The van der Waals surface area contributed by atoms with Gasteiger partial charge < -0.3 is 5.11 Å². The number of rotatable bonds is 5. The molecule has 0 atom stereocenters. The van der Waals surface area contributed by atoms with Crippen molar-refractivity contribution in [2.45, 2.75) is 25.7 Å². The summed E-state index contributed by atoms with van der Waals surface area (Å²) in [6.45, 7) is 0. The number of unbranched alkanes of at least 4 members (excludes halogenated alkanes) is 1. The standard InChI is InChI=1S/C10H12BrNO2/c11-8-5-6-9(12-7-8)3-1-2-4-10(13)14/h5-7H,1-4H2,(H,13,14). The minimum Gasteiger partial charge on any atom is -0.481 e. The van der Waals surface area contributed by atoms with E-state index in [2.05, 4.69) is 20.9 Å². The molecule has 14 heavy (non-hydrogen) atoms. The highest BCUT2D eigenvalue weighted by atomic mass is 79.9. The molecule has 0 unspecified atom stereocenters. The largest absolute Gasteiger partial charge is 0.481 e. The highest BCUT2D eigenvalue weighted by molar-refractivity contribution is 9.10. The lowest BCUT2D eigenvalue weighted by molar-refractivity contribution is -0.137. The van der Waals surface area contributed by atoms with Crippen molar-refractivity contribution >= 4 is 21.9 Å². The van der Waals surface area contributed by atoms with Gasteiger partial charge in [0.05, 0.1) is 0 Å². The monoisotopic (exact) mass is 257 g/mol. The summed E-state index contributed by atoms with van der Waals surface area (Å²) in [7, 11) is 0. The third-order valence-electron chi connectivity index (χ3n) is 1.86. The molecule has 0 aliphatic heterocycles. The van der Waals surface area contributed by atoms with Crippen LogP contribution in [0.4, 0.5) is 0 Å². The molecule has 1 aromatic rings. The maximum Gasteiger partial charge on any atom is 0.303 e. The number of pyridine rings is 1. The summed E-state index contributed by atoms with van der Waals surface area (Å²) in [6.07, 6.45) is 4.44. The van der Waals surface area contributed by atoms with Crippen molar-refractivity contribution in [1.29, 1.82) is 0 Å². The number of aryl methyl sites for hydroxylation is 1. The maximum absolute atomic E-state index is 10.2. The highest BCUT2D eigenvalue weighted by Crippen LogP contribution is 2.09. The SMILES string of the molecule is O=C(O)CCCCc1ccc(Br)cn1. The molecular formula is C10H12BrNO2. The molecule has 0 aliphatic carbocycles. The van der Waals surface area contributed by atoms with Gasteiger partial charge in [-0.3, -0.25) is 9.78 Å². The fraction of sp³-hybridized carbons (Fsp3) is 0.400. The second-order valence-corrected chi connectivity index (χ2v) is 3.98. The van der Waals surface area contributed by atoms with E-state index in [1.807, 2.05) is 12.1 Å². The van der Waals surface area contributed by atoms with Gasteiger partial charge in [0, 0.05) is 22.8 Å². The van der Waals surface area contributed by atoms with Crippen molar-refractivity contribution in [2.24, 2.45) is 0 Å². The number of carboxylic acids is 1. The first-order chi connectivity index (χ1) is 6.68. The van der Waals surface area contributed by atoms with Gasteiger partial charge in [-0.05, 0) is 47.3 Å². The van der Waals surface area contributed by atoms with Crippen molar-refractivity contribution < 1.29 is 9.90 Å². The van der Waals surface area contributed by atoms with Crippen molar-refractivity contribution in [3.05, 3.63) is 28.5 Å². The van der Waals surface area contributed by atoms with Crippen LogP contribution in [0.15, 0.2) is 22.8 Å². The van der Waals surface area contributed by atoms with Crippen LogP contribution < -0.4 is 0 Å². The molecule has 1 N–H and O–H groups in total. The van der Waals surface area contributed by atoms with E-state index in [-0.39, 0.29) is 6.42 Å². The predicted octanol–water partition coefficient (Wildman–Crippen LogP) is 2.64. The van der Waals surface area contributed by atoms with E-state index in [0.717, 1.165) is 23.0 Å². The molecule has 3 nitrogen and oxygen atoms in total. The van der Waals surface area contributed by atoms with Crippen molar-refractivity contribution in [2.75, 3.05) is 0 Å². The zero-order valence-corrected chi connectivity index (χ0v) is 9.33. The molecule has 0 bridgehead atoms. The fourth-order valence-corrected chi connectivity index (χ4v) is 1.37. The molecule has 0 aromatic carbocycles. The number of carboxylic acid groups (broad SMARTS) is 1. The van der Waals surface area contributed by atoms with Crippen LogP contribution in [0.2, 0.25) is 0 Å². The topological polar surface area (TPSA) is 50.2 Å². The van der Waals surface area contributed by atoms with E-state index >= 15 is 0 Å². The molecule has 0 saturated carbocycles. The van der Waals surface area contributed by atoms with E-state index in [1.165, 1.54) is 0 Å². The lowest BCUT2D eigenvalue weighted by atomic mass is 10.1. The van der Waals surface area contributed by atoms with Crippen LogP contribution in [-0.2, 0) is 11.2 Å². The van der Waals surface area contributed by atoms with Gasteiger partial charge in [-0.1, -0.05) is 0 Å². The Balaban J connectivity index is 2.25. The van der Waals surface area contributed by atoms with Gasteiger partial charge in [-0.15, -0.1) is 0 Å². The van der Waals surface area contributed by atoms with E-state index in [1.54, 1.807) is 6.20 Å². The Morgan fingerprint density at radius 3 is 2.79 bits per heavy atom. The number of carbonyl (C=O) groups is 1. The molecule has 76 valence electrons. The number of nitrogens with zero attached hydrogens (tertiary/aromatic N) is 1. The van der Waals surface area contributed by atoms with Crippen molar-refractivity contribution in [1.82, 2.24) is 4.98 Å². The summed E-state index contributed by atoms with van der Waals surface area (Å²) in [5, 5.41) is 8.43. The first-order valence-electron chi connectivity index (χ1n) is 4.50. The van der Waals surface area contributed by atoms with Gasteiger partial charge in [-0.25, -0.2) is 0 Å². The van der Waals surface area contributed by atoms with Crippen LogP contribution >= 0.6 is 15.9 Å². The van der Waals surface area contributed by atoms with Gasteiger partial charge in [-0.2, -0.15) is 0 Å². The lowest BCUT2D eigenvalue weighted by Gasteiger charge is -1.99. The number of halogens is 1. The first kappa shape index (κ1) is 11.2.